The first-order chi connectivity index (χ1) is 12.2. The summed E-state index contributed by atoms with van der Waals surface area (Å²) in [6.45, 7) is 2.46. The van der Waals surface area contributed by atoms with Gasteiger partial charge in [-0.05, 0) is 30.7 Å². The average molecular weight is 416 g/mol. The smallest absolute Gasteiger partial charge is 0.310 e. The molecule has 0 spiro atoms. The third-order valence-electron chi connectivity index (χ3n) is 4.53. The predicted octanol–water partition coefficient (Wildman–Crippen LogP) is 3.24. The van der Waals surface area contributed by atoms with Gasteiger partial charge < -0.3 is 10.6 Å². The van der Waals surface area contributed by atoms with Crippen molar-refractivity contribution in [2.45, 2.75) is 24.3 Å². The van der Waals surface area contributed by atoms with Gasteiger partial charge in [0.05, 0.1) is 5.29 Å². The number of nitrogens with one attached hydrogen (secondary N) is 3. The molecular weight excluding hydrogens is 399 g/mol. The monoisotopic (exact) mass is 416 g/mol. The lowest BCUT2D eigenvalue weighted by Crippen LogP contribution is -2.67. The number of carbonyl (C=O) groups is 2. The second-order valence-corrected chi connectivity index (χ2v) is 8.70. The maximum atomic E-state index is 12.7. The minimum absolute atomic E-state index is 0.110. The van der Waals surface area contributed by atoms with Gasteiger partial charge in [0.15, 0.2) is 0 Å². The standard InChI is InChI=1S/C14H17F5N4O3S/c1-2-14(7-20-8-14)11(13(25)22-23-26)21-12(24)9-3-5-10(6-4-9)27(15,16,17,18)19/h3-6,11,20H,2,7-8H2,1H3,(H,21,24)(H,22,25,26). The molecule has 0 aliphatic carbocycles. The summed E-state index contributed by atoms with van der Waals surface area (Å²) < 4.78 is 63.7. The van der Waals surface area contributed by atoms with Gasteiger partial charge in [0.2, 0.25) is 0 Å². The molecule has 7 nitrogen and oxygen atoms in total. The highest BCUT2D eigenvalue weighted by molar-refractivity contribution is 8.45. The minimum Gasteiger partial charge on any atom is -0.340 e. The molecule has 1 heterocycles. The zero-order valence-corrected chi connectivity index (χ0v) is 14.8. The van der Waals surface area contributed by atoms with Crippen LogP contribution in [0.15, 0.2) is 34.4 Å². The molecule has 0 saturated carbocycles. The number of nitrogens with zero attached hydrogens (tertiary/aromatic N) is 1. The van der Waals surface area contributed by atoms with Gasteiger partial charge >= 0.3 is 10.2 Å². The maximum absolute atomic E-state index is 12.7. The molecule has 27 heavy (non-hydrogen) atoms. The molecule has 2 amide bonds. The van der Waals surface area contributed by atoms with Crippen LogP contribution in [-0.2, 0) is 4.79 Å². The lowest BCUT2D eigenvalue weighted by Gasteiger charge is -2.46. The van der Waals surface area contributed by atoms with Gasteiger partial charge in [-0.1, -0.05) is 26.4 Å². The molecule has 1 saturated heterocycles. The van der Waals surface area contributed by atoms with Gasteiger partial charge in [-0.25, -0.2) is 5.43 Å². The van der Waals surface area contributed by atoms with Gasteiger partial charge in [-0.3, -0.25) is 9.59 Å². The van der Waals surface area contributed by atoms with Crippen molar-refractivity contribution >= 4 is 22.0 Å². The Bertz CT molecular complexity index is 760. The molecular formula is C14H17F5N4O3S. The number of carbonyl (C=O) groups excluding carboxylic acids is 2. The van der Waals surface area contributed by atoms with E-state index in [0.717, 1.165) is 0 Å². The van der Waals surface area contributed by atoms with Crippen LogP contribution in [0.1, 0.15) is 23.7 Å². The summed E-state index contributed by atoms with van der Waals surface area (Å²) in [6, 6.07) is 0.211. The van der Waals surface area contributed by atoms with E-state index in [4.69, 9.17) is 0 Å². The lowest BCUT2D eigenvalue weighted by molar-refractivity contribution is -0.127. The van der Waals surface area contributed by atoms with E-state index < -0.39 is 38.4 Å². The zero-order chi connectivity index (χ0) is 20.6. The number of hydrogen-bond acceptors (Lipinski definition) is 5. The highest BCUT2D eigenvalue weighted by Gasteiger charge is 2.65. The summed E-state index contributed by atoms with van der Waals surface area (Å²) in [6.07, 6.45) is 0.445. The quantitative estimate of drug-likeness (QED) is 0.361. The molecule has 13 heteroatoms. The van der Waals surface area contributed by atoms with E-state index in [1.165, 1.54) is 0 Å². The minimum atomic E-state index is -9.84. The number of nitroso groups, excluding NO2 is 1. The fraction of sp³-hybridized carbons (Fsp3) is 0.429. The Kier molecular flexibility index (Phi) is 4.77. The molecule has 0 aromatic heterocycles. The van der Waals surface area contributed by atoms with E-state index in [0.29, 0.717) is 31.6 Å². The van der Waals surface area contributed by atoms with E-state index in [1.807, 2.05) is 0 Å². The Labute approximate surface area is 150 Å². The largest absolute Gasteiger partial charge is 0.340 e. The second-order valence-electron chi connectivity index (χ2n) is 6.29. The summed E-state index contributed by atoms with van der Waals surface area (Å²) in [5, 5.41) is 7.54. The molecule has 1 unspecified atom stereocenters. The van der Waals surface area contributed by atoms with Crippen molar-refractivity contribution in [2.24, 2.45) is 10.7 Å². The Hall–Kier alpha value is -2.28. The highest BCUT2D eigenvalue weighted by atomic mass is 32.5. The summed E-state index contributed by atoms with van der Waals surface area (Å²) in [5.74, 6) is -1.83. The van der Waals surface area contributed by atoms with Crippen LogP contribution < -0.4 is 16.1 Å². The first-order valence-corrected chi connectivity index (χ1v) is 9.65. The number of hydrogen-bond donors (Lipinski definition) is 3. The van der Waals surface area contributed by atoms with Crippen molar-refractivity contribution in [1.29, 1.82) is 0 Å². The van der Waals surface area contributed by atoms with Gasteiger partial charge in [0, 0.05) is 24.1 Å². The molecule has 1 aliphatic rings. The molecule has 3 N–H and O–H groups in total. The third kappa shape index (κ3) is 4.53. The van der Waals surface area contributed by atoms with Crippen LogP contribution in [0.4, 0.5) is 19.4 Å². The molecule has 2 rings (SSSR count). The normalized spacial score (nSPS) is 19.6. The first kappa shape index (κ1) is 21.0. The van der Waals surface area contributed by atoms with Crippen molar-refractivity contribution < 1.29 is 29.0 Å². The van der Waals surface area contributed by atoms with Gasteiger partial charge in [0.25, 0.3) is 11.8 Å². The SMILES string of the molecule is CCC1(C(NC(=O)c2ccc(S(F)(F)(F)(F)F)cc2)C(=O)NN=O)CNC1. The van der Waals surface area contributed by atoms with Crippen molar-refractivity contribution in [3.8, 4) is 0 Å². The zero-order valence-electron chi connectivity index (χ0n) is 14.0. The van der Waals surface area contributed by atoms with Crippen LogP contribution in [0.2, 0.25) is 0 Å². The topological polar surface area (TPSA) is 99.7 Å². The van der Waals surface area contributed by atoms with Crippen LogP contribution in [0.5, 0.6) is 0 Å². The first-order valence-electron chi connectivity index (χ1n) is 7.70. The van der Waals surface area contributed by atoms with Crippen LogP contribution >= 0.6 is 10.2 Å². The van der Waals surface area contributed by atoms with Crippen LogP contribution in [0, 0.1) is 10.3 Å². The van der Waals surface area contributed by atoms with Gasteiger partial charge in [-0.2, -0.15) is 0 Å². The molecule has 1 aromatic rings. The number of amides is 2. The van der Waals surface area contributed by atoms with Crippen molar-refractivity contribution in [3.63, 3.8) is 0 Å². The molecule has 1 aromatic carbocycles. The molecule has 0 radical (unpaired) electrons. The van der Waals surface area contributed by atoms with Crippen molar-refractivity contribution in [2.75, 3.05) is 13.1 Å². The fourth-order valence-electron chi connectivity index (χ4n) is 2.79. The van der Waals surface area contributed by atoms with Gasteiger partial charge in [-0.15, -0.1) is 4.91 Å². The van der Waals surface area contributed by atoms with Crippen LogP contribution in [0.3, 0.4) is 0 Å². The molecule has 0 bridgehead atoms. The van der Waals surface area contributed by atoms with Crippen LogP contribution in [0.25, 0.3) is 0 Å². The molecule has 1 atom stereocenters. The Morgan fingerprint density at radius 1 is 1.19 bits per heavy atom. The van der Waals surface area contributed by atoms with Crippen molar-refractivity contribution in [1.82, 2.24) is 16.1 Å². The summed E-state index contributed by atoms with van der Waals surface area (Å²) in [5.41, 5.74) is 0.629. The van der Waals surface area contributed by atoms with E-state index in [2.05, 4.69) is 15.9 Å². The Morgan fingerprint density at radius 2 is 1.74 bits per heavy atom. The second kappa shape index (κ2) is 6.12. The highest BCUT2D eigenvalue weighted by Crippen LogP contribution is 3.02. The number of rotatable bonds is 7. The van der Waals surface area contributed by atoms with E-state index >= 15 is 0 Å². The fourth-order valence-corrected chi connectivity index (χ4v) is 3.44. The lowest BCUT2D eigenvalue weighted by atomic mass is 9.72. The molecule has 1 aliphatic heterocycles. The summed E-state index contributed by atoms with van der Waals surface area (Å²) in [7, 11) is -9.84. The number of benzene rings is 1. The molecule has 1 fully saturated rings. The average Bonchev–Trinajstić information content (AvgIpc) is 2.51. The Balaban J connectivity index is 2.25. The van der Waals surface area contributed by atoms with Crippen LogP contribution in [-0.4, -0.2) is 30.9 Å². The van der Waals surface area contributed by atoms with E-state index in [9.17, 15) is 33.9 Å². The maximum Gasteiger partial charge on any atom is 0.310 e. The summed E-state index contributed by atoms with van der Waals surface area (Å²) in [4.78, 5) is 32.6. The van der Waals surface area contributed by atoms with E-state index in [1.54, 1.807) is 12.3 Å². The summed E-state index contributed by atoms with van der Waals surface area (Å²) >= 11 is 0. The van der Waals surface area contributed by atoms with Gasteiger partial charge in [0.1, 0.15) is 10.9 Å². The van der Waals surface area contributed by atoms with Crippen molar-refractivity contribution in [3.05, 3.63) is 34.7 Å². The Morgan fingerprint density at radius 3 is 2.11 bits per heavy atom. The van der Waals surface area contributed by atoms with E-state index in [-0.39, 0.29) is 17.7 Å². The number of halogens is 5. The predicted molar refractivity (Wildman–Crippen MR) is 88.6 cm³/mol. The third-order valence-corrected chi connectivity index (χ3v) is 5.69. The molecule has 152 valence electrons.